The van der Waals surface area contributed by atoms with Crippen molar-refractivity contribution in [2.75, 3.05) is 0 Å². The molecule has 0 radical (unpaired) electrons. The van der Waals surface area contributed by atoms with Crippen LogP contribution in [0.1, 0.15) is 16.1 Å². The number of halogens is 3. The fourth-order valence-corrected chi connectivity index (χ4v) is 2.42. The van der Waals surface area contributed by atoms with Crippen LogP contribution in [0.4, 0.5) is 0 Å². The Morgan fingerprint density at radius 1 is 1.45 bits per heavy atom. The summed E-state index contributed by atoms with van der Waals surface area (Å²) in [5.74, 6) is -0.686. The van der Waals surface area contributed by atoms with Crippen molar-refractivity contribution in [3.63, 3.8) is 0 Å². The van der Waals surface area contributed by atoms with Crippen LogP contribution < -0.4 is 4.74 Å². The fourth-order valence-electron chi connectivity index (χ4n) is 1.57. The number of ether oxygens (including phenoxy) is 1. The highest BCUT2D eigenvalue weighted by atomic mass is 79.9. The van der Waals surface area contributed by atoms with Gasteiger partial charge in [0.1, 0.15) is 17.9 Å². The molecule has 8 heteroatoms. The van der Waals surface area contributed by atoms with Crippen molar-refractivity contribution >= 4 is 45.1 Å². The van der Waals surface area contributed by atoms with E-state index in [0.717, 1.165) is 0 Å². The van der Waals surface area contributed by atoms with Crippen molar-refractivity contribution in [2.45, 2.75) is 6.61 Å². The molecule has 0 aliphatic heterocycles. The maximum Gasteiger partial charge on any atom is 0.339 e. The molecule has 1 aromatic carbocycles. The van der Waals surface area contributed by atoms with Crippen molar-refractivity contribution in [2.24, 2.45) is 7.05 Å². The van der Waals surface area contributed by atoms with Gasteiger partial charge in [0.15, 0.2) is 0 Å². The normalized spacial score (nSPS) is 10.6. The highest BCUT2D eigenvalue weighted by Crippen LogP contribution is 2.34. The molecule has 2 rings (SSSR count). The van der Waals surface area contributed by atoms with Crippen LogP contribution >= 0.6 is 39.1 Å². The number of rotatable bonds is 4. The number of aromatic carboxylic acids is 1. The monoisotopic (exact) mass is 378 g/mol. The molecule has 1 aromatic heterocycles. The van der Waals surface area contributed by atoms with Crippen LogP contribution in [-0.4, -0.2) is 20.9 Å². The van der Waals surface area contributed by atoms with Crippen molar-refractivity contribution in [3.05, 3.63) is 44.1 Å². The van der Waals surface area contributed by atoms with Crippen LogP contribution in [0.5, 0.6) is 5.75 Å². The molecule has 0 bridgehead atoms. The van der Waals surface area contributed by atoms with Gasteiger partial charge < -0.3 is 9.84 Å². The molecule has 2 aromatic rings. The summed E-state index contributed by atoms with van der Waals surface area (Å²) in [5.41, 5.74) is 0.527. The molecule has 0 unspecified atom stereocenters. The summed E-state index contributed by atoms with van der Waals surface area (Å²) in [4.78, 5) is 11.0. The quantitative estimate of drug-likeness (QED) is 0.821. The minimum atomic E-state index is -1.06. The molecule has 0 spiro atoms. The largest absolute Gasteiger partial charge is 0.486 e. The van der Waals surface area contributed by atoms with Gasteiger partial charge in [0.2, 0.25) is 0 Å². The number of aryl methyl sites for hydroxylation is 1. The van der Waals surface area contributed by atoms with E-state index in [1.54, 1.807) is 19.2 Å². The first-order valence-electron chi connectivity index (χ1n) is 5.41. The Morgan fingerprint density at radius 2 is 2.15 bits per heavy atom. The van der Waals surface area contributed by atoms with Crippen LogP contribution in [0.25, 0.3) is 0 Å². The van der Waals surface area contributed by atoms with Crippen molar-refractivity contribution < 1.29 is 14.6 Å². The molecule has 106 valence electrons. The number of hydrogen-bond donors (Lipinski definition) is 1. The first kappa shape index (κ1) is 15.2. The third-order valence-corrected chi connectivity index (χ3v) is 4.12. The number of carboxylic acid groups (broad SMARTS) is 1. The van der Waals surface area contributed by atoms with E-state index in [2.05, 4.69) is 21.0 Å². The second kappa shape index (κ2) is 6.03. The van der Waals surface area contributed by atoms with Crippen LogP contribution in [0, 0.1) is 0 Å². The van der Waals surface area contributed by atoms with Gasteiger partial charge in [-0.2, -0.15) is 5.10 Å². The Hall–Kier alpha value is -1.24. The summed E-state index contributed by atoms with van der Waals surface area (Å²) in [6.45, 7) is 0.0236. The van der Waals surface area contributed by atoms with E-state index >= 15 is 0 Å². The van der Waals surface area contributed by atoms with Gasteiger partial charge in [-0.05, 0) is 22.0 Å². The Morgan fingerprint density at radius 3 is 2.80 bits per heavy atom. The molecule has 0 saturated carbocycles. The minimum absolute atomic E-state index is 0.0236. The SMILES string of the molecule is Cn1ncc(C(=O)O)c1COc1cc(Cl)c(Br)cc1Cl. The van der Waals surface area contributed by atoms with Gasteiger partial charge in [-0.3, -0.25) is 4.68 Å². The highest BCUT2D eigenvalue weighted by molar-refractivity contribution is 9.10. The smallest absolute Gasteiger partial charge is 0.339 e. The summed E-state index contributed by atoms with van der Waals surface area (Å²) in [7, 11) is 1.64. The molecule has 0 aliphatic carbocycles. The van der Waals surface area contributed by atoms with Gasteiger partial charge in [-0.1, -0.05) is 23.2 Å². The average molecular weight is 380 g/mol. The van der Waals surface area contributed by atoms with Gasteiger partial charge in [0.05, 0.1) is 21.9 Å². The Kier molecular flexibility index (Phi) is 4.57. The highest BCUT2D eigenvalue weighted by Gasteiger charge is 2.16. The van der Waals surface area contributed by atoms with Gasteiger partial charge in [-0.15, -0.1) is 0 Å². The lowest BCUT2D eigenvalue weighted by molar-refractivity contribution is 0.0693. The first-order chi connectivity index (χ1) is 9.40. The van der Waals surface area contributed by atoms with E-state index in [1.807, 2.05) is 0 Å². The van der Waals surface area contributed by atoms with E-state index in [9.17, 15) is 4.79 Å². The second-order valence-corrected chi connectivity index (χ2v) is 5.59. The van der Waals surface area contributed by atoms with E-state index < -0.39 is 5.97 Å². The van der Waals surface area contributed by atoms with Crippen LogP contribution in [0.3, 0.4) is 0 Å². The zero-order valence-electron chi connectivity index (χ0n) is 10.2. The summed E-state index contributed by atoms with van der Waals surface area (Å²) in [6, 6.07) is 3.17. The Bertz CT molecular complexity index is 673. The maximum atomic E-state index is 11.0. The predicted octanol–water partition coefficient (Wildman–Crippen LogP) is 3.77. The molecule has 1 heterocycles. The third-order valence-electron chi connectivity index (χ3n) is 2.63. The predicted molar refractivity (Wildman–Crippen MR) is 78.7 cm³/mol. The molecule has 20 heavy (non-hydrogen) atoms. The zero-order valence-corrected chi connectivity index (χ0v) is 13.3. The topological polar surface area (TPSA) is 64.4 Å². The summed E-state index contributed by atoms with van der Waals surface area (Å²) in [6.07, 6.45) is 1.27. The van der Waals surface area contributed by atoms with Crippen molar-refractivity contribution in [3.8, 4) is 5.75 Å². The molecule has 0 saturated heterocycles. The molecular formula is C12H9BrCl2N2O3. The second-order valence-electron chi connectivity index (χ2n) is 3.92. The standard InChI is InChI=1S/C12H9BrCl2N2O3/c1-17-10(6(4-16-17)12(18)19)5-20-11-3-8(14)7(13)2-9(11)15/h2-4H,5H2,1H3,(H,18,19). The summed E-state index contributed by atoms with van der Waals surface area (Å²) < 4.78 is 7.63. The molecule has 0 fully saturated rings. The first-order valence-corrected chi connectivity index (χ1v) is 6.96. The van der Waals surface area contributed by atoms with Crippen LogP contribution in [-0.2, 0) is 13.7 Å². The summed E-state index contributed by atoms with van der Waals surface area (Å²) >= 11 is 15.2. The van der Waals surface area contributed by atoms with E-state index in [1.165, 1.54) is 10.9 Å². The van der Waals surface area contributed by atoms with Gasteiger partial charge >= 0.3 is 5.97 Å². The lowest BCUT2D eigenvalue weighted by Gasteiger charge is -2.10. The van der Waals surface area contributed by atoms with Gasteiger partial charge in [-0.25, -0.2) is 4.79 Å². The maximum absolute atomic E-state index is 11.0. The lowest BCUT2D eigenvalue weighted by atomic mass is 10.2. The number of benzene rings is 1. The number of nitrogens with zero attached hydrogens (tertiary/aromatic N) is 2. The number of carboxylic acids is 1. The van der Waals surface area contributed by atoms with E-state index in [4.69, 9.17) is 33.0 Å². The number of carbonyl (C=O) groups is 1. The van der Waals surface area contributed by atoms with Crippen molar-refractivity contribution in [1.82, 2.24) is 9.78 Å². The Balaban J connectivity index is 2.23. The Labute approximate surface area is 133 Å². The van der Waals surface area contributed by atoms with Crippen molar-refractivity contribution in [1.29, 1.82) is 0 Å². The lowest BCUT2D eigenvalue weighted by Crippen LogP contribution is -2.08. The van der Waals surface area contributed by atoms with Gasteiger partial charge in [0, 0.05) is 17.6 Å². The molecule has 0 aliphatic rings. The molecular weight excluding hydrogens is 371 g/mol. The number of aromatic nitrogens is 2. The summed E-state index contributed by atoms with van der Waals surface area (Å²) in [5, 5.41) is 13.8. The van der Waals surface area contributed by atoms with Crippen LogP contribution in [0.15, 0.2) is 22.8 Å². The van der Waals surface area contributed by atoms with E-state index in [-0.39, 0.29) is 12.2 Å². The average Bonchev–Trinajstić information content (AvgIpc) is 2.74. The van der Waals surface area contributed by atoms with Gasteiger partial charge in [0.25, 0.3) is 0 Å². The molecule has 1 N–H and O–H groups in total. The fraction of sp³-hybridized carbons (Fsp3) is 0.167. The zero-order chi connectivity index (χ0) is 14.9. The molecule has 5 nitrogen and oxygen atoms in total. The van der Waals surface area contributed by atoms with Crippen LogP contribution in [0.2, 0.25) is 10.0 Å². The minimum Gasteiger partial charge on any atom is -0.486 e. The number of hydrogen-bond acceptors (Lipinski definition) is 3. The molecule has 0 atom stereocenters. The van der Waals surface area contributed by atoms with E-state index in [0.29, 0.717) is 26.0 Å². The molecule has 0 amide bonds. The third kappa shape index (κ3) is 3.08.